The first-order valence-corrected chi connectivity index (χ1v) is 11.0. The van der Waals surface area contributed by atoms with Gasteiger partial charge >= 0.3 is 7.32 Å². The van der Waals surface area contributed by atoms with Crippen LogP contribution in [0.2, 0.25) is 15.1 Å². The predicted octanol–water partition coefficient (Wildman–Crippen LogP) is 1.93. The summed E-state index contributed by atoms with van der Waals surface area (Å²) in [4.78, 5) is 0. The van der Waals surface area contributed by atoms with E-state index in [0.717, 1.165) is 0 Å². The molecule has 0 fully saturated rings. The van der Waals surface area contributed by atoms with Crippen molar-refractivity contribution in [2.75, 3.05) is 0 Å². The van der Waals surface area contributed by atoms with Gasteiger partial charge in [-0.15, -0.1) is 0 Å². The van der Waals surface area contributed by atoms with Crippen LogP contribution in [0.25, 0.3) is 0 Å². The molecule has 0 amide bonds. The van der Waals surface area contributed by atoms with E-state index in [1.807, 2.05) is 0 Å². The number of rotatable bonds is 6. The van der Waals surface area contributed by atoms with Crippen LogP contribution in [0.4, 0.5) is 0 Å². The summed E-state index contributed by atoms with van der Waals surface area (Å²) in [7, 11) is -2.28. The third-order valence-electron chi connectivity index (χ3n) is 1.96. The summed E-state index contributed by atoms with van der Waals surface area (Å²) >= 11 is 0. The Bertz CT molecular complexity index is 214. The van der Waals surface area contributed by atoms with Gasteiger partial charge in [0.1, 0.15) is 0 Å². The fraction of sp³-hybridized carbons (Fsp3) is 1.00. The first kappa shape index (κ1) is 19.6. The van der Waals surface area contributed by atoms with E-state index in [0.29, 0.717) is 0 Å². The Morgan fingerprint density at radius 3 is 0.895 bits per heavy atom. The van der Waals surface area contributed by atoms with Gasteiger partial charge in [0.25, 0.3) is 0 Å². The van der Waals surface area contributed by atoms with Gasteiger partial charge in [-0.1, -0.05) is 62.3 Å². The molecule has 0 aromatic heterocycles. The van der Waals surface area contributed by atoms with E-state index in [4.69, 9.17) is 13.0 Å². The summed E-state index contributed by atoms with van der Waals surface area (Å²) in [5, 5.41) is 0.826. The quantitative estimate of drug-likeness (QED) is 0.700. The van der Waals surface area contributed by atoms with E-state index >= 15 is 0 Å². The van der Waals surface area contributed by atoms with Crippen LogP contribution < -0.4 is 0 Å². The smallest absolute Gasteiger partial charge is 0.434 e. The van der Waals surface area contributed by atoms with Crippen molar-refractivity contribution in [1.82, 2.24) is 0 Å². The van der Waals surface area contributed by atoms with Crippen molar-refractivity contribution in [2.24, 2.45) is 0 Å². The third-order valence-corrected chi connectivity index (χ3v) is 5.87. The lowest BCUT2D eigenvalue weighted by Gasteiger charge is -2.26. The summed E-state index contributed by atoms with van der Waals surface area (Å²) in [6, 6.07) is 0. The first-order valence-electron chi connectivity index (χ1n) is 7.13. The molecule has 0 N–H and O–H groups in total. The third kappa shape index (κ3) is 14.8. The molecular weight excluding hydrogens is 287 g/mol. The van der Waals surface area contributed by atoms with Crippen molar-refractivity contribution >= 4 is 36.6 Å². The lowest BCUT2D eigenvalue weighted by Crippen LogP contribution is -2.37. The second kappa shape index (κ2) is 7.56. The zero-order valence-electron chi connectivity index (χ0n) is 14.4. The molecule has 7 heteroatoms. The summed E-state index contributed by atoms with van der Waals surface area (Å²) in [6.07, 6.45) is 0. The van der Waals surface area contributed by atoms with Gasteiger partial charge in [0, 0.05) is 0 Å². The van der Waals surface area contributed by atoms with Crippen LogP contribution in [-0.2, 0) is 13.0 Å². The van der Waals surface area contributed by atoms with E-state index in [1.54, 1.807) is 0 Å². The minimum absolute atomic E-state index is 0.275. The van der Waals surface area contributed by atoms with E-state index in [-0.39, 0.29) is 22.4 Å². The largest absolute Gasteiger partial charge is 0.605 e. The molecule has 0 saturated carbocycles. The number of hydrogen-bond donors (Lipinski definition) is 0. The van der Waals surface area contributed by atoms with Crippen LogP contribution in [0.15, 0.2) is 0 Å². The Morgan fingerprint density at radius 2 is 0.737 bits per heavy atom. The van der Waals surface area contributed by atoms with E-state index in [1.165, 1.54) is 0 Å². The zero-order chi connectivity index (χ0) is 15.3. The fourth-order valence-electron chi connectivity index (χ4n) is 1.10. The zero-order valence-corrected chi connectivity index (χ0v) is 18.7. The van der Waals surface area contributed by atoms with Gasteiger partial charge < -0.3 is 13.0 Å². The highest BCUT2D eigenvalue weighted by molar-refractivity contribution is 6.60. The molecular formula is C12H33BO3Si3. The van der Waals surface area contributed by atoms with E-state index < -0.39 is 29.3 Å². The lowest BCUT2D eigenvalue weighted by atomic mass is 10.2. The summed E-state index contributed by atoms with van der Waals surface area (Å²) < 4.78 is 17.9. The molecule has 0 aliphatic rings. The number of hydrogen-bond acceptors (Lipinski definition) is 3. The highest BCUT2D eigenvalue weighted by Crippen LogP contribution is 2.24. The first-order chi connectivity index (χ1) is 8.29. The normalized spacial score (nSPS) is 15.6. The maximum Gasteiger partial charge on any atom is 0.605 e. The maximum absolute atomic E-state index is 5.96. The monoisotopic (exact) mass is 320 g/mol. The van der Waals surface area contributed by atoms with Gasteiger partial charge in [-0.25, -0.2) is 0 Å². The summed E-state index contributed by atoms with van der Waals surface area (Å²) in [5.41, 5.74) is 0. The molecule has 0 saturated heterocycles. The standard InChI is InChI=1S/C12H33BO3Si3/c1-10(2,3)17-14-13(15-18-11(4,5)6)16-19-12(7,8)9/h17-19H2,1-9H3. The highest BCUT2D eigenvalue weighted by Gasteiger charge is 2.28. The predicted molar refractivity (Wildman–Crippen MR) is 93.8 cm³/mol. The van der Waals surface area contributed by atoms with Crippen molar-refractivity contribution in [2.45, 2.75) is 77.4 Å². The Labute approximate surface area is 127 Å². The average molecular weight is 320 g/mol. The van der Waals surface area contributed by atoms with Gasteiger partial charge in [0.15, 0.2) is 29.3 Å². The Hall–Kier alpha value is 0.596. The molecule has 3 nitrogen and oxygen atoms in total. The van der Waals surface area contributed by atoms with Gasteiger partial charge in [-0.3, -0.25) is 0 Å². The van der Waals surface area contributed by atoms with Gasteiger partial charge in [-0.05, 0) is 15.1 Å². The molecule has 114 valence electrons. The maximum atomic E-state index is 5.96. The van der Waals surface area contributed by atoms with Crippen LogP contribution in [0.3, 0.4) is 0 Å². The molecule has 19 heavy (non-hydrogen) atoms. The molecule has 0 atom stereocenters. The lowest BCUT2D eigenvalue weighted by molar-refractivity contribution is 0.311. The second-order valence-electron chi connectivity index (χ2n) is 8.90. The van der Waals surface area contributed by atoms with Crippen molar-refractivity contribution in [3.05, 3.63) is 0 Å². The van der Waals surface area contributed by atoms with Gasteiger partial charge in [0.2, 0.25) is 0 Å². The Morgan fingerprint density at radius 1 is 0.526 bits per heavy atom. The minimum atomic E-state index is -0.632. The van der Waals surface area contributed by atoms with Gasteiger partial charge in [-0.2, -0.15) is 0 Å². The Kier molecular flexibility index (Phi) is 7.80. The van der Waals surface area contributed by atoms with Crippen molar-refractivity contribution in [3.63, 3.8) is 0 Å². The molecule has 0 bridgehead atoms. The van der Waals surface area contributed by atoms with Crippen LogP contribution in [0.5, 0.6) is 0 Å². The van der Waals surface area contributed by atoms with Crippen LogP contribution in [0, 0.1) is 0 Å². The molecule has 0 aromatic carbocycles. The second-order valence-corrected chi connectivity index (χ2v) is 17.1. The van der Waals surface area contributed by atoms with E-state index in [2.05, 4.69) is 62.3 Å². The molecule has 0 spiro atoms. The van der Waals surface area contributed by atoms with Crippen LogP contribution in [0.1, 0.15) is 62.3 Å². The molecule has 0 unspecified atom stereocenters. The summed E-state index contributed by atoms with van der Waals surface area (Å²) in [6.45, 7) is 20.0. The van der Waals surface area contributed by atoms with Crippen molar-refractivity contribution in [3.8, 4) is 0 Å². The molecule has 0 rings (SSSR count). The molecule has 0 radical (unpaired) electrons. The molecule has 0 heterocycles. The van der Waals surface area contributed by atoms with Crippen LogP contribution in [-0.4, -0.2) is 36.6 Å². The van der Waals surface area contributed by atoms with Crippen molar-refractivity contribution < 1.29 is 13.0 Å². The minimum Gasteiger partial charge on any atom is -0.434 e. The average Bonchev–Trinajstić information content (AvgIpc) is 2.11. The van der Waals surface area contributed by atoms with Crippen molar-refractivity contribution in [1.29, 1.82) is 0 Å². The molecule has 0 aliphatic carbocycles. The summed E-state index contributed by atoms with van der Waals surface area (Å²) in [5.74, 6) is 0. The molecule has 0 aromatic rings. The van der Waals surface area contributed by atoms with Crippen LogP contribution >= 0.6 is 0 Å². The topological polar surface area (TPSA) is 27.7 Å². The fourth-order valence-corrected chi connectivity index (χ4v) is 4.16. The Balaban J connectivity index is 4.30. The van der Waals surface area contributed by atoms with E-state index in [9.17, 15) is 0 Å². The molecule has 0 aliphatic heterocycles. The SMILES string of the molecule is CC(C)(C)[SiH2]OB(O[SiH2]C(C)(C)C)O[SiH2]C(C)(C)C. The van der Waals surface area contributed by atoms with Gasteiger partial charge in [0.05, 0.1) is 0 Å². The highest BCUT2D eigenvalue weighted by atomic mass is 28.2.